The molecule has 1 aliphatic rings. The first-order valence-electron chi connectivity index (χ1n) is 5.79. The van der Waals surface area contributed by atoms with Crippen LogP contribution in [0.15, 0.2) is 18.2 Å². The number of nitrogens with two attached hydrogens (primary N) is 1. The predicted octanol–water partition coefficient (Wildman–Crippen LogP) is 1.50. The molecule has 2 rings (SSSR count). The van der Waals surface area contributed by atoms with Gasteiger partial charge in [0.2, 0.25) is 0 Å². The fourth-order valence-corrected chi connectivity index (χ4v) is 2.12. The topological polar surface area (TPSA) is 89.5 Å². The van der Waals surface area contributed by atoms with E-state index in [0.717, 1.165) is 12.0 Å². The maximum Gasteiger partial charge on any atom is 0.282 e. The molecule has 1 atom stereocenters. The zero-order valence-electron chi connectivity index (χ0n) is 10.5. The maximum atomic E-state index is 12.2. The Labute approximate surface area is 117 Å². The highest BCUT2D eigenvalue weighted by Crippen LogP contribution is 2.23. The number of likely N-dealkylation sites (tertiary alicyclic amines) is 1. The van der Waals surface area contributed by atoms with Gasteiger partial charge in [0, 0.05) is 25.2 Å². The molecule has 1 aliphatic heterocycles. The van der Waals surface area contributed by atoms with Gasteiger partial charge in [0.1, 0.15) is 5.56 Å². The zero-order valence-corrected chi connectivity index (χ0v) is 11.4. The molecule has 0 radical (unpaired) electrons. The van der Waals surface area contributed by atoms with Gasteiger partial charge in [0.25, 0.3) is 11.6 Å². The molecule has 6 nitrogen and oxygen atoms in total. The van der Waals surface area contributed by atoms with Gasteiger partial charge in [0.15, 0.2) is 0 Å². The number of carbonyl (C=O) groups is 1. The number of nitrogens with zero attached hydrogens (tertiary/aromatic N) is 2. The van der Waals surface area contributed by atoms with Crippen LogP contribution in [0.25, 0.3) is 0 Å². The molecule has 1 unspecified atom stereocenters. The first kappa shape index (κ1) is 15.4. The van der Waals surface area contributed by atoms with Gasteiger partial charge in [-0.05, 0) is 25.0 Å². The normalized spacial score (nSPS) is 18.0. The number of nitro benzene ring substituents is 1. The van der Waals surface area contributed by atoms with Crippen LogP contribution in [0.3, 0.4) is 0 Å². The number of rotatable bonds is 2. The number of aryl methyl sites for hydroxylation is 1. The number of amides is 1. The fraction of sp³-hybridized carbons (Fsp3) is 0.417. The molecule has 1 aromatic rings. The van der Waals surface area contributed by atoms with Gasteiger partial charge in [-0.15, -0.1) is 12.4 Å². The van der Waals surface area contributed by atoms with E-state index in [1.165, 1.54) is 6.07 Å². The third-order valence-electron chi connectivity index (χ3n) is 3.09. The van der Waals surface area contributed by atoms with E-state index in [-0.39, 0.29) is 35.6 Å². The summed E-state index contributed by atoms with van der Waals surface area (Å²) >= 11 is 0. The summed E-state index contributed by atoms with van der Waals surface area (Å²) in [6.45, 7) is 2.82. The Morgan fingerprint density at radius 1 is 1.53 bits per heavy atom. The molecule has 7 heteroatoms. The van der Waals surface area contributed by atoms with Crippen LogP contribution in [0, 0.1) is 17.0 Å². The number of benzene rings is 1. The Kier molecular flexibility index (Phi) is 4.85. The molecule has 0 saturated carbocycles. The molecule has 104 valence electrons. The second-order valence-corrected chi connectivity index (χ2v) is 4.58. The molecule has 19 heavy (non-hydrogen) atoms. The lowest BCUT2D eigenvalue weighted by Crippen LogP contribution is -2.32. The molecule has 1 fully saturated rings. The Bertz CT molecular complexity index is 507. The van der Waals surface area contributed by atoms with E-state index in [1.54, 1.807) is 24.0 Å². The van der Waals surface area contributed by atoms with Crippen LogP contribution < -0.4 is 5.73 Å². The van der Waals surface area contributed by atoms with Crippen LogP contribution in [0.5, 0.6) is 0 Å². The minimum absolute atomic E-state index is 0. The second kappa shape index (κ2) is 5.99. The van der Waals surface area contributed by atoms with E-state index in [2.05, 4.69) is 0 Å². The molecular formula is C12H16ClN3O3. The number of hydrogen-bond acceptors (Lipinski definition) is 4. The van der Waals surface area contributed by atoms with Gasteiger partial charge < -0.3 is 10.6 Å². The van der Waals surface area contributed by atoms with Crippen LogP contribution in [0.1, 0.15) is 22.3 Å². The third-order valence-corrected chi connectivity index (χ3v) is 3.09. The van der Waals surface area contributed by atoms with E-state index in [1.807, 2.05) is 0 Å². The molecule has 1 aromatic carbocycles. The lowest BCUT2D eigenvalue weighted by atomic mass is 10.1. The minimum Gasteiger partial charge on any atom is -0.337 e. The van der Waals surface area contributed by atoms with Crippen LogP contribution in [-0.4, -0.2) is 34.9 Å². The average Bonchev–Trinajstić information content (AvgIpc) is 2.74. The lowest BCUT2D eigenvalue weighted by Gasteiger charge is -2.16. The molecule has 0 aromatic heterocycles. The van der Waals surface area contributed by atoms with Crippen LogP contribution in [0.2, 0.25) is 0 Å². The molecular weight excluding hydrogens is 270 g/mol. The molecule has 1 saturated heterocycles. The average molecular weight is 286 g/mol. The van der Waals surface area contributed by atoms with E-state index in [9.17, 15) is 14.9 Å². The summed E-state index contributed by atoms with van der Waals surface area (Å²) in [6.07, 6.45) is 0.741. The summed E-state index contributed by atoms with van der Waals surface area (Å²) < 4.78 is 0. The van der Waals surface area contributed by atoms with Crippen molar-refractivity contribution in [1.82, 2.24) is 4.90 Å². The summed E-state index contributed by atoms with van der Waals surface area (Å²) in [5.74, 6) is -0.307. The van der Waals surface area contributed by atoms with Crippen molar-refractivity contribution < 1.29 is 9.72 Å². The molecule has 2 N–H and O–H groups in total. The SMILES string of the molecule is Cc1ccc([N+](=O)[O-])c(C(=O)N2CCC(N)C2)c1.Cl. The lowest BCUT2D eigenvalue weighted by molar-refractivity contribution is -0.385. The van der Waals surface area contributed by atoms with Gasteiger partial charge in [-0.25, -0.2) is 0 Å². The van der Waals surface area contributed by atoms with Crippen molar-refractivity contribution in [2.45, 2.75) is 19.4 Å². The van der Waals surface area contributed by atoms with Gasteiger partial charge in [-0.3, -0.25) is 14.9 Å². The van der Waals surface area contributed by atoms with E-state index in [0.29, 0.717) is 13.1 Å². The van der Waals surface area contributed by atoms with Crippen molar-refractivity contribution >= 4 is 24.0 Å². The van der Waals surface area contributed by atoms with E-state index < -0.39 is 4.92 Å². The molecule has 0 aliphatic carbocycles. The molecule has 0 spiro atoms. The highest BCUT2D eigenvalue weighted by molar-refractivity contribution is 5.98. The summed E-state index contributed by atoms with van der Waals surface area (Å²) in [4.78, 5) is 24.2. The zero-order chi connectivity index (χ0) is 13.3. The Hall–Kier alpha value is -1.66. The van der Waals surface area contributed by atoms with Crippen LogP contribution >= 0.6 is 12.4 Å². The smallest absolute Gasteiger partial charge is 0.282 e. The Morgan fingerprint density at radius 3 is 2.74 bits per heavy atom. The first-order valence-corrected chi connectivity index (χ1v) is 5.79. The Morgan fingerprint density at radius 2 is 2.21 bits per heavy atom. The van der Waals surface area contributed by atoms with E-state index >= 15 is 0 Å². The van der Waals surface area contributed by atoms with Crippen molar-refractivity contribution in [3.63, 3.8) is 0 Å². The highest BCUT2D eigenvalue weighted by atomic mass is 35.5. The maximum absolute atomic E-state index is 12.2. The molecule has 1 amide bonds. The number of nitro groups is 1. The highest BCUT2D eigenvalue weighted by Gasteiger charge is 2.29. The van der Waals surface area contributed by atoms with Gasteiger partial charge >= 0.3 is 0 Å². The number of carbonyl (C=O) groups excluding carboxylic acids is 1. The summed E-state index contributed by atoms with van der Waals surface area (Å²) in [7, 11) is 0. The number of halogens is 1. The standard InChI is InChI=1S/C12H15N3O3.ClH/c1-8-2-3-11(15(17)18)10(6-8)12(16)14-5-4-9(13)7-14;/h2-3,6,9H,4-5,7,13H2,1H3;1H. The summed E-state index contributed by atoms with van der Waals surface area (Å²) in [5.41, 5.74) is 6.57. The second-order valence-electron chi connectivity index (χ2n) is 4.58. The Balaban J connectivity index is 0.00000180. The van der Waals surface area contributed by atoms with Gasteiger partial charge in [-0.1, -0.05) is 6.07 Å². The third kappa shape index (κ3) is 3.21. The van der Waals surface area contributed by atoms with Crippen LogP contribution in [-0.2, 0) is 0 Å². The first-order chi connectivity index (χ1) is 8.49. The van der Waals surface area contributed by atoms with Gasteiger partial charge in [-0.2, -0.15) is 0 Å². The van der Waals surface area contributed by atoms with E-state index in [4.69, 9.17) is 5.73 Å². The van der Waals surface area contributed by atoms with Crippen molar-refractivity contribution in [3.05, 3.63) is 39.4 Å². The van der Waals surface area contributed by atoms with Crippen molar-refractivity contribution in [2.75, 3.05) is 13.1 Å². The largest absolute Gasteiger partial charge is 0.337 e. The van der Waals surface area contributed by atoms with Crippen molar-refractivity contribution in [3.8, 4) is 0 Å². The summed E-state index contributed by atoms with van der Waals surface area (Å²) in [5, 5.41) is 10.9. The summed E-state index contributed by atoms with van der Waals surface area (Å²) in [6, 6.07) is 4.53. The fourth-order valence-electron chi connectivity index (χ4n) is 2.12. The van der Waals surface area contributed by atoms with Crippen LogP contribution in [0.4, 0.5) is 5.69 Å². The molecule has 1 heterocycles. The minimum atomic E-state index is -0.525. The van der Waals surface area contributed by atoms with Gasteiger partial charge in [0.05, 0.1) is 4.92 Å². The molecule has 0 bridgehead atoms. The monoisotopic (exact) mass is 285 g/mol. The number of hydrogen-bond donors (Lipinski definition) is 1. The predicted molar refractivity (Wildman–Crippen MR) is 73.6 cm³/mol. The van der Waals surface area contributed by atoms with Crippen molar-refractivity contribution in [1.29, 1.82) is 0 Å². The quantitative estimate of drug-likeness (QED) is 0.658. The van der Waals surface area contributed by atoms with Crippen molar-refractivity contribution in [2.24, 2.45) is 5.73 Å².